The van der Waals surface area contributed by atoms with Crippen LogP contribution in [0.15, 0.2) is 11.1 Å². The maximum absolute atomic E-state index is 13.5. The highest BCUT2D eigenvalue weighted by atomic mass is 32.2. The maximum atomic E-state index is 13.5. The van der Waals surface area contributed by atoms with Crippen molar-refractivity contribution in [3.63, 3.8) is 0 Å². The molecule has 1 aromatic rings. The van der Waals surface area contributed by atoms with Gasteiger partial charge in [-0.15, -0.1) is 0 Å². The summed E-state index contributed by atoms with van der Waals surface area (Å²) in [5, 5.41) is 4.33. The van der Waals surface area contributed by atoms with Crippen LogP contribution in [0.1, 0.15) is 63.0 Å². The molecule has 1 heterocycles. The summed E-state index contributed by atoms with van der Waals surface area (Å²) in [7, 11) is -2.14. The lowest BCUT2D eigenvalue weighted by Crippen LogP contribution is -2.42. The minimum Gasteiger partial charge on any atom is -0.274 e. The quantitative estimate of drug-likeness (QED) is 0.911. The molecule has 0 spiro atoms. The third-order valence-electron chi connectivity index (χ3n) is 4.82. The second-order valence-corrected chi connectivity index (χ2v) is 8.49. The van der Waals surface area contributed by atoms with Gasteiger partial charge in [-0.3, -0.25) is 4.68 Å². The largest absolute Gasteiger partial charge is 0.274 e. The standard InChI is InChI=1S/C15H23F2N3O2S/c1-20-10-13(14(18-20)11-5-2-3-6-11)23(21,22)19-12-7-4-8-15(16,17)9-12/h10-12,19H,2-9H2,1H3. The number of aryl methyl sites for hydroxylation is 1. The second-order valence-electron chi connectivity index (χ2n) is 6.80. The number of aromatic nitrogens is 2. The highest BCUT2D eigenvalue weighted by molar-refractivity contribution is 7.89. The fourth-order valence-corrected chi connectivity index (χ4v) is 5.27. The molecule has 1 N–H and O–H groups in total. The fourth-order valence-electron chi connectivity index (χ4n) is 3.73. The van der Waals surface area contributed by atoms with Gasteiger partial charge < -0.3 is 0 Å². The number of halogens is 2. The molecule has 2 saturated carbocycles. The monoisotopic (exact) mass is 347 g/mol. The Morgan fingerprint density at radius 3 is 2.61 bits per heavy atom. The zero-order chi connectivity index (χ0) is 16.7. The van der Waals surface area contributed by atoms with Crippen molar-refractivity contribution in [1.29, 1.82) is 0 Å². The molecule has 0 saturated heterocycles. The first-order valence-electron chi connectivity index (χ1n) is 8.20. The number of hydrogen-bond acceptors (Lipinski definition) is 3. The van der Waals surface area contributed by atoms with Crippen molar-refractivity contribution >= 4 is 10.0 Å². The first-order chi connectivity index (χ1) is 10.8. The Labute approximate surface area is 135 Å². The molecule has 2 aliphatic rings. The lowest BCUT2D eigenvalue weighted by molar-refractivity contribution is -0.0414. The third kappa shape index (κ3) is 3.74. The average molecular weight is 347 g/mol. The number of nitrogens with one attached hydrogen (secondary N) is 1. The van der Waals surface area contributed by atoms with E-state index >= 15 is 0 Å². The summed E-state index contributed by atoms with van der Waals surface area (Å²) in [6.07, 6.45) is 5.69. The van der Waals surface area contributed by atoms with E-state index in [0.717, 1.165) is 25.7 Å². The number of hydrogen-bond donors (Lipinski definition) is 1. The minimum absolute atomic E-state index is 0.149. The van der Waals surface area contributed by atoms with Crippen LogP contribution in [0.2, 0.25) is 0 Å². The van der Waals surface area contributed by atoms with Gasteiger partial charge in [0.2, 0.25) is 15.9 Å². The van der Waals surface area contributed by atoms with Crippen LogP contribution in [0.4, 0.5) is 8.78 Å². The van der Waals surface area contributed by atoms with Gasteiger partial charge in [0.25, 0.3) is 0 Å². The van der Waals surface area contributed by atoms with E-state index in [1.54, 1.807) is 7.05 Å². The molecule has 1 unspecified atom stereocenters. The van der Waals surface area contributed by atoms with Gasteiger partial charge in [0.1, 0.15) is 4.90 Å². The van der Waals surface area contributed by atoms with Crippen LogP contribution in [0.25, 0.3) is 0 Å². The van der Waals surface area contributed by atoms with Gasteiger partial charge in [0.05, 0.1) is 5.69 Å². The van der Waals surface area contributed by atoms with E-state index in [2.05, 4.69) is 9.82 Å². The summed E-state index contributed by atoms with van der Waals surface area (Å²) in [4.78, 5) is 0.154. The molecule has 23 heavy (non-hydrogen) atoms. The van der Waals surface area contributed by atoms with Gasteiger partial charge in [-0.2, -0.15) is 5.10 Å². The van der Waals surface area contributed by atoms with Crippen LogP contribution >= 0.6 is 0 Å². The first kappa shape index (κ1) is 16.8. The average Bonchev–Trinajstić information content (AvgIpc) is 3.05. The maximum Gasteiger partial charge on any atom is 0.249 e. The summed E-state index contributed by atoms with van der Waals surface area (Å²) in [5.41, 5.74) is 0.583. The van der Waals surface area contributed by atoms with Crippen molar-refractivity contribution in [3.8, 4) is 0 Å². The van der Waals surface area contributed by atoms with Gasteiger partial charge >= 0.3 is 0 Å². The van der Waals surface area contributed by atoms with Crippen LogP contribution in [0, 0.1) is 0 Å². The van der Waals surface area contributed by atoms with Crippen molar-refractivity contribution in [2.24, 2.45) is 7.05 Å². The summed E-state index contributed by atoms with van der Waals surface area (Å²) < 4.78 is 56.4. The Morgan fingerprint density at radius 2 is 1.96 bits per heavy atom. The molecule has 3 rings (SSSR count). The summed E-state index contributed by atoms with van der Waals surface area (Å²) in [5.74, 6) is -2.63. The molecule has 8 heteroatoms. The van der Waals surface area contributed by atoms with Gasteiger partial charge in [-0.05, 0) is 25.7 Å². The van der Waals surface area contributed by atoms with Crippen LogP contribution in [-0.2, 0) is 17.1 Å². The van der Waals surface area contributed by atoms with Gasteiger partial charge in [-0.25, -0.2) is 21.9 Å². The van der Waals surface area contributed by atoms with Crippen LogP contribution in [0.3, 0.4) is 0 Å². The van der Waals surface area contributed by atoms with Crippen LogP contribution < -0.4 is 4.72 Å². The topological polar surface area (TPSA) is 64.0 Å². The van der Waals surface area contributed by atoms with Gasteiger partial charge in [-0.1, -0.05) is 12.8 Å². The second kappa shape index (κ2) is 6.12. The smallest absolute Gasteiger partial charge is 0.249 e. The van der Waals surface area contributed by atoms with E-state index < -0.39 is 28.4 Å². The molecule has 5 nitrogen and oxygen atoms in total. The Kier molecular flexibility index (Phi) is 4.48. The van der Waals surface area contributed by atoms with Crippen molar-refractivity contribution < 1.29 is 17.2 Å². The molecular formula is C15H23F2N3O2S. The molecule has 2 aliphatic carbocycles. The Hall–Kier alpha value is -1.02. The molecule has 1 atom stereocenters. The molecule has 0 bridgehead atoms. The zero-order valence-corrected chi connectivity index (χ0v) is 14.1. The van der Waals surface area contributed by atoms with Crippen molar-refractivity contribution in [1.82, 2.24) is 14.5 Å². The predicted octanol–water partition coefficient (Wildman–Crippen LogP) is 2.93. The van der Waals surface area contributed by atoms with Crippen molar-refractivity contribution in [3.05, 3.63) is 11.9 Å². The predicted molar refractivity (Wildman–Crippen MR) is 81.9 cm³/mol. The Balaban J connectivity index is 1.82. The van der Waals surface area contributed by atoms with E-state index in [-0.39, 0.29) is 17.2 Å². The van der Waals surface area contributed by atoms with Crippen molar-refractivity contribution in [2.45, 2.75) is 74.1 Å². The van der Waals surface area contributed by atoms with Crippen LogP contribution in [-0.4, -0.2) is 30.2 Å². The molecule has 2 fully saturated rings. The molecule has 0 amide bonds. The van der Waals surface area contributed by atoms with E-state index in [4.69, 9.17) is 0 Å². The summed E-state index contributed by atoms with van der Waals surface area (Å²) in [6.45, 7) is 0. The minimum atomic E-state index is -3.82. The normalized spacial score (nSPS) is 25.8. The molecule has 0 radical (unpaired) electrons. The summed E-state index contributed by atoms with van der Waals surface area (Å²) in [6, 6.07) is -0.708. The lowest BCUT2D eigenvalue weighted by atomic mass is 9.93. The third-order valence-corrected chi connectivity index (χ3v) is 6.35. The lowest BCUT2D eigenvalue weighted by Gasteiger charge is -2.29. The highest BCUT2D eigenvalue weighted by Crippen LogP contribution is 2.37. The first-order valence-corrected chi connectivity index (χ1v) is 9.69. The SMILES string of the molecule is Cn1cc(S(=O)(=O)NC2CCCC(F)(F)C2)c(C2CCCC2)n1. The molecular weight excluding hydrogens is 324 g/mol. The number of sulfonamides is 1. The van der Waals surface area contributed by atoms with Crippen molar-refractivity contribution in [2.75, 3.05) is 0 Å². The van der Waals surface area contributed by atoms with E-state index in [1.165, 1.54) is 10.9 Å². The van der Waals surface area contributed by atoms with E-state index in [0.29, 0.717) is 18.5 Å². The van der Waals surface area contributed by atoms with E-state index in [1.807, 2.05) is 0 Å². The van der Waals surface area contributed by atoms with Crippen LogP contribution in [0.5, 0.6) is 0 Å². The fraction of sp³-hybridized carbons (Fsp3) is 0.800. The molecule has 0 aromatic carbocycles. The highest BCUT2D eigenvalue weighted by Gasteiger charge is 2.39. The number of rotatable bonds is 4. The Bertz CT molecular complexity index is 666. The zero-order valence-electron chi connectivity index (χ0n) is 13.3. The number of alkyl halides is 2. The summed E-state index contributed by atoms with van der Waals surface area (Å²) >= 11 is 0. The van der Waals surface area contributed by atoms with Gasteiger partial charge in [0.15, 0.2) is 0 Å². The molecule has 1 aromatic heterocycles. The Morgan fingerprint density at radius 1 is 1.26 bits per heavy atom. The number of nitrogens with zero attached hydrogens (tertiary/aromatic N) is 2. The van der Waals surface area contributed by atoms with Gasteiger partial charge in [0, 0.05) is 38.0 Å². The molecule has 130 valence electrons. The molecule has 0 aliphatic heterocycles. The van der Waals surface area contributed by atoms with E-state index in [9.17, 15) is 17.2 Å².